The first-order valence-electron chi connectivity index (χ1n) is 8.59. The van der Waals surface area contributed by atoms with Gasteiger partial charge in [-0.25, -0.2) is 4.79 Å². The minimum absolute atomic E-state index is 0.144. The number of esters is 1. The number of ether oxygens (including phenoxy) is 2. The van der Waals surface area contributed by atoms with E-state index in [4.69, 9.17) is 13.9 Å². The maximum atomic E-state index is 12.5. The summed E-state index contributed by atoms with van der Waals surface area (Å²) in [5, 5.41) is 10.6. The second kappa shape index (κ2) is 7.75. The van der Waals surface area contributed by atoms with Gasteiger partial charge in [-0.2, -0.15) is 0 Å². The molecule has 144 valence electrons. The van der Waals surface area contributed by atoms with Crippen LogP contribution in [0.15, 0.2) is 22.6 Å². The largest absolute Gasteiger partial charge is 0.451 e. The Balaban J connectivity index is 1.63. The van der Waals surface area contributed by atoms with Crippen LogP contribution in [0.1, 0.15) is 45.1 Å². The molecule has 0 radical (unpaired) electrons. The fourth-order valence-corrected chi connectivity index (χ4v) is 3.17. The zero-order chi connectivity index (χ0) is 19.6. The Hall–Kier alpha value is -2.94. The highest BCUT2D eigenvalue weighted by Gasteiger charge is 2.23. The third-order valence-corrected chi connectivity index (χ3v) is 4.59. The quantitative estimate of drug-likeness (QED) is 0.316. The summed E-state index contributed by atoms with van der Waals surface area (Å²) in [4.78, 5) is 34.2. The molecule has 0 unspecified atom stereocenters. The second-order valence-corrected chi connectivity index (χ2v) is 6.42. The Kier molecular flexibility index (Phi) is 5.41. The smallest absolute Gasteiger partial charge is 0.433 e. The van der Waals surface area contributed by atoms with E-state index in [2.05, 4.69) is 0 Å². The SMILES string of the molecule is Cc1cc(C(=O)COC(=O)c2ccc([N+](=O)[O-])o2)c(C)n1C[C@H]1CCCO1. The van der Waals surface area contributed by atoms with E-state index in [1.165, 1.54) is 0 Å². The average molecular weight is 376 g/mol. The summed E-state index contributed by atoms with van der Waals surface area (Å²) in [6.45, 7) is 4.72. The summed E-state index contributed by atoms with van der Waals surface area (Å²) in [5.41, 5.74) is 2.20. The number of hydrogen-bond donors (Lipinski definition) is 0. The number of nitro groups is 1. The molecule has 3 rings (SSSR count). The molecule has 2 aromatic rings. The van der Waals surface area contributed by atoms with Crippen molar-refractivity contribution in [2.75, 3.05) is 13.2 Å². The van der Waals surface area contributed by atoms with Crippen LogP contribution in [-0.4, -0.2) is 40.6 Å². The van der Waals surface area contributed by atoms with E-state index in [0.29, 0.717) is 12.1 Å². The van der Waals surface area contributed by atoms with Crippen LogP contribution in [0.2, 0.25) is 0 Å². The zero-order valence-electron chi connectivity index (χ0n) is 15.1. The Morgan fingerprint density at radius 1 is 1.37 bits per heavy atom. The molecule has 27 heavy (non-hydrogen) atoms. The van der Waals surface area contributed by atoms with Crippen molar-refractivity contribution in [2.45, 2.75) is 39.3 Å². The number of ketones is 1. The minimum Gasteiger partial charge on any atom is -0.451 e. The highest BCUT2D eigenvalue weighted by atomic mass is 16.7. The first-order chi connectivity index (χ1) is 12.9. The molecule has 1 aliphatic rings. The number of nitrogens with zero attached hydrogens (tertiary/aromatic N) is 2. The molecular formula is C18H20N2O7. The third kappa shape index (κ3) is 4.08. The van der Waals surface area contributed by atoms with Crippen LogP contribution in [0.3, 0.4) is 0 Å². The third-order valence-electron chi connectivity index (χ3n) is 4.59. The van der Waals surface area contributed by atoms with Crippen molar-refractivity contribution in [1.82, 2.24) is 4.57 Å². The van der Waals surface area contributed by atoms with E-state index in [0.717, 1.165) is 43.0 Å². The number of carbonyl (C=O) groups is 2. The van der Waals surface area contributed by atoms with Crippen molar-refractivity contribution in [2.24, 2.45) is 0 Å². The Morgan fingerprint density at radius 2 is 2.15 bits per heavy atom. The number of aryl methyl sites for hydroxylation is 1. The predicted octanol–water partition coefficient (Wildman–Crippen LogP) is 2.82. The summed E-state index contributed by atoms with van der Waals surface area (Å²) in [6, 6.07) is 3.95. The molecule has 2 aromatic heterocycles. The van der Waals surface area contributed by atoms with Gasteiger partial charge in [-0.15, -0.1) is 0 Å². The molecule has 1 saturated heterocycles. The summed E-state index contributed by atoms with van der Waals surface area (Å²) < 4.78 is 17.4. The predicted molar refractivity (Wildman–Crippen MR) is 92.9 cm³/mol. The van der Waals surface area contributed by atoms with Crippen molar-refractivity contribution in [1.29, 1.82) is 0 Å². The Morgan fingerprint density at radius 3 is 2.78 bits per heavy atom. The van der Waals surface area contributed by atoms with Crippen LogP contribution >= 0.6 is 0 Å². The highest BCUT2D eigenvalue weighted by molar-refractivity contribution is 6.00. The highest BCUT2D eigenvalue weighted by Crippen LogP contribution is 2.21. The van der Waals surface area contributed by atoms with E-state index in [1.807, 2.05) is 18.4 Å². The molecule has 1 aliphatic heterocycles. The molecule has 9 heteroatoms. The molecule has 0 amide bonds. The summed E-state index contributed by atoms with van der Waals surface area (Å²) >= 11 is 0. The van der Waals surface area contributed by atoms with Gasteiger partial charge in [-0.1, -0.05) is 0 Å². The number of rotatable bonds is 7. The van der Waals surface area contributed by atoms with E-state index in [9.17, 15) is 19.7 Å². The lowest BCUT2D eigenvalue weighted by molar-refractivity contribution is -0.402. The molecule has 0 N–H and O–H groups in total. The summed E-state index contributed by atoms with van der Waals surface area (Å²) in [7, 11) is 0. The van der Waals surface area contributed by atoms with E-state index < -0.39 is 23.4 Å². The molecule has 0 bridgehead atoms. The van der Waals surface area contributed by atoms with Gasteiger partial charge in [0.05, 0.1) is 12.2 Å². The van der Waals surface area contributed by atoms with Gasteiger partial charge in [0, 0.05) is 30.1 Å². The number of hydrogen-bond acceptors (Lipinski definition) is 7. The van der Waals surface area contributed by atoms with E-state index >= 15 is 0 Å². The maximum absolute atomic E-state index is 12.5. The molecule has 0 aromatic carbocycles. The van der Waals surface area contributed by atoms with Gasteiger partial charge in [0.25, 0.3) is 0 Å². The van der Waals surface area contributed by atoms with E-state index in [-0.39, 0.29) is 17.6 Å². The summed E-state index contributed by atoms with van der Waals surface area (Å²) in [5.74, 6) is -2.16. The number of carbonyl (C=O) groups excluding carboxylic acids is 2. The average Bonchev–Trinajstić information content (AvgIpc) is 3.36. The lowest BCUT2D eigenvalue weighted by Crippen LogP contribution is -2.18. The van der Waals surface area contributed by atoms with Crippen molar-refractivity contribution < 1.29 is 28.4 Å². The monoisotopic (exact) mass is 376 g/mol. The van der Waals surface area contributed by atoms with Gasteiger partial charge in [0.2, 0.25) is 11.5 Å². The fourth-order valence-electron chi connectivity index (χ4n) is 3.17. The normalized spacial score (nSPS) is 16.4. The second-order valence-electron chi connectivity index (χ2n) is 6.42. The van der Waals surface area contributed by atoms with Gasteiger partial charge in [-0.05, 0) is 38.8 Å². The van der Waals surface area contributed by atoms with Gasteiger partial charge in [-0.3, -0.25) is 14.9 Å². The van der Waals surface area contributed by atoms with Crippen LogP contribution in [0.5, 0.6) is 0 Å². The topological polar surface area (TPSA) is 114 Å². The van der Waals surface area contributed by atoms with Gasteiger partial charge in [0.1, 0.15) is 4.92 Å². The van der Waals surface area contributed by atoms with Gasteiger partial charge >= 0.3 is 11.9 Å². The van der Waals surface area contributed by atoms with Gasteiger partial charge < -0.3 is 18.5 Å². The lowest BCUT2D eigenvalue weighted by Gasteiger charge is -2.14. The van der Waals surface area contributed by atoms with Crippen molar-refractivity contribution in [3.8, 4) is 0 Å². The molecule has 0 saturated carbocycles. The zero-order valence-corrected chi connectivity index (χ0v) is 15.1. The van der Waals surface area contributed by atoms with Crippen LogP contribution in [0, 0.1) is 24.0 Å². The molecule has 0 aliphatic carbocycles. The van der Waals surface area contributed by atoms with Crippen LogP contribution in [0.4, 0.5) is 5.88 Å². The lowest BCUT2D eigenvalue weighted by atomic mass is 10.1. The molecule has 9 nitrogen and oxygen atoms in total. The first kappa shape index (κ1) is 18.8. The Bertz CT molecular complexity index is 874. The molecule has 1 fully saturated rings. The molecule has 3 heterocycles. The summed E-state index contributed by atoms with van der Waals surface area (Å²) in [6.07, 6.45) is 2.18. The van der Waals surface area contributed by atoms with Crippen LogP contribution in [-0.2, 0) is 16.0 Å². The van der Waals surface area contributed by atoms with Crippen LogP contribution < -0.4 is 0 Å². The first-order valence-corrected chi connectivity index (χ1v) is 8.59. The fraction of sp³-hybridized carbons (Fsp3) is 0.444. The number of Topliss-reactive ketones (excluding diaryl/α,β-unsaturated/α-hetero) is 1. The van der Waals surface area contributed by atoms with Gasteiger partial charge in [0.15, 0.2) is 6.61 Å². The van der Waals surface area contributed by atoms with Crippen molar-refractivity contribution in [3.63, 3.8) is 0 Å². The maximum Gasteiger partial charge on any atom is 0.433 e. The molecule has 1 atom stereocenters. The standard InChI is InChI=1S/C18H20N2O7/c1-11-8-14(12(2)19(11)9-13-4-3-7-25-13)15(21)10-26-18(22)16-5-6-17(27-16)20(23)24/h5-6,8,13H,3-4,7,9-10H2,1-2H3/t13-/m1/s1. The molecule has 0 spiro atoms. The number of furan rings is 1. The van der Waals surface area contributed by atoms with Crippen molar-refractivity contribution in [3.05, 3.63) is 51.0 Å². The van der Waals surface area contributed by atoms with Crippen LogP contribution in [0.25, 0.3) is 0 Å². The Labute approximate surface area is 155 Å². The molecular weight excluding hydrogens is 356 g/mol. The van der Waals surface area contributed by atoms with E-state index in [1.54, 1.807) is 6.07 Å². The minimum atomic E-state index is -0.926. The number of aromatic nitrogens is 1. The van der Waals surface area contributed by atoms with Crippen molar-refractivity contribution >= 4 is 17.6 Å².